The lowest BCUT2D eigenvalue weighted by Gasteiger charge is -2.07. The van der Waals surface area contributed by atoms with E-state index in [-0.39, 0.29) is 5.97 Å². The molecule has 0 atom stereocenters. The van der Waals surface area contributed by atoms with E-state index in [0.717, 1.165) is 18.6 Å². The SMILES string of the molecule is CCOC(=O)CCCc1ccc(OC)cc1C. The highest BCUT2D eigenvalue weighted by Gasteiger charge is 2.04. The summed E-state index contributed by atoms with van der Waals surface area (Å²) in [4.78, 5) is 11.2. The topological polar surface area (TPSA) is 35.5 Å². The van der Waals surface area contributed by atoms with E-state index in [4.69, 9.17) is 9.47 Å². The predicted molar refractivity (Wildman–Crippen MR) is 67.3 cm³/mol. The standard InChI is InChI=1S/C14H20O3/c1-4-17-14(15)7-5-6-12-8-9-13(16-3)10-11(12)2/h8-10H,4-7H2,1-3H3. The molecule has 3 heteroatoms. The summed E-state index contributed by atoms with van der Waals surface area (Å²) >= 11 is 0. The Labute approximate surface area is 103 Å². The lowest BCUT2D eigenvalue weighted by Crippen LogP contribution is -2.04. The maximum atomic E-state index is 11.2. The van der Waals surface area contributed by atoms with Gasteiger partial charge in [0, 0.05) is 6.42 Å². The fourth-order valence-electron chi connectivity index (χ4n) is 1.73. The van der Waals surface area contributed by atoms with Crippen LogP contribution in [0.1, 0.15) is 30.9 Å². The molecule has 0 saturated carbocycles. The molecule has 0 saturated heterocycles. The zero-order valence-electron chi connectivity index (χ0n) is 10.8. The van der Waals surface area contributed by atoms with Gasteiger partial charge in [-0.2, -0.15) is 0 Å². The minimum absolute atomic E-state index is 0.112. The van der Waals surface area contributed by atoms with Crippen molar-refractivity contribution in [1.82, 2.24) is 0 Å². The molecule has 0 amide bonds. The summed E-state index contributed by atoms with van der Waals surface area (Å²) in [5.41, 5.74) is 2.46. The number of benzene rings is 1. The largest absolute Gasteiger partial charge is 0.497 e. The van der Waals surface area contributed by atoms with Crippen molar-refractivity contribution in [1.29, 1.82) is 0 Å². The first-order valence-corrected chi connectivity index (χ1v) is 5.96. The number of ether oxygens (including phenoxy) is 2. The first-order chi connectivity index (χ1) is 8.17. The molecule has 1 aromatic carbocycles. The van der Waals surface area contributed by atoms with Crippen molar-refractivity contribution in [3.63, 3.8) is 0 Å². The van der Waals surface area contributed by atoms with Gasteiger partial charge in [0.05, 0.1) is 13.7 Å². The van der Waals surface area contributed by atoms with Crippen molar-refractivity contribution in [2.24, 2.45) is 0 Å². The highest BCUT2D eigenvalue weighted by Crippen LogP contribution is 2.18. The van der Waals surface area contributed by atoms with Crippen LogP contribution in [-0.2, 0) is 16.0 Å². The minimum Gasteiger partial charge on any atom is -0.497 e. The molecule has 1 rings (SSSR count). The van der Waals surface area contributed by atoms with Crippen LogP contribution in [0.25, 0.3) is 0 Å². The molecular weight excluding hydrogens is 216 g/mol. The van der Waals surface area contributed by atoms with E-state index in [0.29, 0.717) is 13.0 Å². The van der Waals surface area contributed by atoms with Gasteiger partial charge in [-0.1, -0.05) is 6.07 Å². The Hall–Kier alpha value is -1.51. The summed E-state index contributed by atoms with van der Waals surface area (Å²) in [6.07, 6.45) is 2.21. The number of hydrogen-bond donors (Lipinski definition) is 0. The third-order valence-corrected chi connectivity index (χ3v) is 2.68. The second kappa shape index (κ2) is 6.94. The normalized spacial score (nSPS) is 10.1. The second-order valence-electron chi connectivity index (χ2n) is 3.95. The third-order valence-electron chi connectivity index (χ3n) is 2.68. The summed E-state index contributed by atoms with van der Waals surface area (Å²) in [5, 5.41) is 0. The monoisotopic (exact) mass is 236 g/mol. The van der Waals surface area contributed by atoms with Crippen LogP contribution in [0.3, 0.4) is 0 Å². The maximum absolute atomic E-state index is 11.2. The van der Waals surface area contributed by atoms with Crippen LogP contribution in [0.5, 0.6) is 5.75 Å². The average Bonchev–Trinajstić information content (AvgIpc) is 2.31. The molecule has 94 valence electrons. The molecule has 0 unspecified atom stereocenters. The second-order valence-corrected chi connectivity index (χ2v) is 3.95. The molecule has 0 aliphatic heterocycles. The molecule has 0 spiro atoms. The molecule has 17 heavy (non-hydrogen) atoms. The van der Waals surface area contributed by atoms with Gasteiger partial charge in [-0.15, -0.1) is 0 Å². The van der Waals surface area contributed by atoms with Crippen LogP contribution < -0.4 is 4.74 Å². The Morgan fingerprint density at radius 3 is 2.71 bits per heavy atom. The van der Waals surface area contributed by atoms with Gasteiger partial charge in [0.1, 0.15) is 5.75 Å². The molecule has 0 aliphatic rings. The molecule has 0 bridgehead atoms. The zero-order valence-corrected chi connectivity index (χ0v) is 10.8. The van der Waals surface area contributed by atoms with Crippen molar-refractivity contribution < 1.29 is 14.3 Å². The number of carbonyl (C=O) groups is 1. The molecular formula is C14H20O3. The van der Waals surface area contributed by atoms with Crippen LogP contribution in [0.2, 0.25) is 0 Å². The number of carbonyl (C=O) groups excluding carboxylic acids is 1. The third kappa shape index (κ3) is 4.47. The van der Waals surface area contributed by atoms with Crippen LogP contribution >= 0.6 is 0 Å². The lowest BCUT2D eigenvalue weighted by atomic mass is 10.0. The van der Waals surface area contributed by atoms with E-state index in [1.165, 1.54) is 11.1 Å². The van der Waals surface area contributed by atoms with Crippen molar-refractivity contribution >= 4 is 5.97 Å². The fourth-order valence-corrected chi connectivity index (χ4v) is 1.73. The van der Waals surface area contributed by atoms with E-state index in [2.05, 4.69) is 13.0 Å². The predicted octanol–water partition coefficient (Wildman–Crippen LogP) is 2.89. The molecule has 0 aliphatic carbocycles. The van der Waals surface area contributed by atoms with E-state index >= 15 is 0 Å². The van der Waals surface area contributed by atoms with E-state index in [1.54, 1.807) is 7.11 Å². The Morgan fingerprint density at radius 2 is 2.12 bits per heavy atom. The molecule has 0 heterocycles. The van der Waals surface area contributed by atoms with Crippen LogP contribution in [0.15, 0.2) is 18.2 Å². The van der Waals surface area contributed by atoms with Crippen molar-refractivity contribution in [2.75, 3.05) is 13.7 Å². The van der Waals surface area contributed by atoms with Gasteiger partial charge >= 0.3 is 5.97 Å². The number of aryl methyl sites for hydroxylation is 2. The molecule has 0 aromatic heterocycles. The Bertz CT molecular complexity index is 372. The highest BCUT2D eigenvalue weighted by atomic mass is 16.5. The number of rotatable bonds is 6. The molecule has 0 N–H and O–H groups in total. The van der Waals surface area contributed by atoms with Gasteiger partial charge in [0.25, 0.3) is 0 Å². The van der Waals surface area contributed by atoms with Gasteiger partial charge in [-0.25, -0.2) is 0 Å². The number of esters is 1. The summed E-state index contributed by atoms with van der Waals surface area (Å²) in [6.45, 7) is 4.34. The number of hydrogen-bond acceptors (Lipinski definition) is 3. The van der Waals surface area contributed by atoms with Gasteiger partial charge in [-0.3, -0.25) is 4.79 Å². The first-order valence-electron chi connectivity index (χ1n) is 5.96. The smallest absolute Gasteiger partial charge is 0.305 e. The first kappa shape index (κ1) is 13.6. The van der Waals surface area contributed by atoms with Gasteiger partial charge in [-0.05, 0) is 49.9 Å². The van der Waals surface area contributed by atoms with E-state index in [9.17, 15) is 4.79 Å². The highest BCUT2D eigenvalue weighted by molar-refractivity contribution is 5.69. The van der Waals surface area contributed by atoms with Crippen LogP contribution in [0, 0.1) is 6.92 Å². The van der Waals surface area contributed by atoms with Crippen molar-refractivity contribution in [3.8, 4) is 5.75 Å². The summed E-state index contributed by atoms with van der Waals surface area (Å²) in [7, 11) is 1.66. The van der Waals surface area contributed by atoms with E-state index in [1.807, 2.05) is 19.1 Å². The quantitative estimate of drug-likeness (QED) is 0.712. The Kier molecular flexibility index (Phi) is 5.53. The summed E-state index contributed by atoms with van der Waals surface area (Å²) < 4.78 is 10.0. The summed E-state index contributed by atoms with van der Waals surface area (Å²) in [6, 6.07) is 6.02. The van der Waals surface area contributed by atoms with Crippen LogP contribution in [0.4, 0.5) is 0 Å². The lowest BCUT2D eigenvalue weighted by molar-refractivity contribution is -0.143. The van der Waals surface area contributed by atoms with Gasteiger partial charge < -0.3 is 9.47 Å². The Balaban J connectivity index is 2.44. The zero-order chi connectivity index (χ0) is 12.7. The molecule has 0 fully saturated rings. The van der Waals surface area contributed by atoms with E-state index < -0.39 is 0 Å². The van der Waals surface area contributed by atoms with Gasteiger partial charge in [0.2, 0.25) is 0 Å². The molecule has 0 radical (unpaired) electrons. The van der Waals surface area contributed by atoms with Crippen molar-refractivity contribution in [3.05, 3.63) is 29.3 Å². The maximum Gasteiger partial charge on any atom is 0.305 e. The average molecular weight is 236 g/mol. The molecule has 3 nitrogen and oxygen atoms in total. The summed E-state index contributed by atoms with van der Waals surface area (Å²) in [5.74, 6) is 0.760. The fraction of sp³-hybridized carbons (Fsp3) is 0.500. The number of methoxy groups -OCH3 is 1. The minimum atomic E-state index is -0.112. The Morgan fingerprint density at radius 1 is 1.35 bits per heavy atom. The van der Waals surface area contributed by atoms with Crippen LogP contribution in [-0.4, -0.2) is 19.7 Å². The van der Waals surface area contributed by atoms with Gasteiger partial charge in [0.15, 0.2) is 0 Å². The molecule has 1 aromatic rings. The van der Waals surface area contributed by atoms with Crippen molar-refractivity contribution in [2.45, 2.75) is 33.1 Å².